The molecule has 2 amide bonds. The highest BCUT2D eigenvalue weighted by Crippen LogP contribution is 2.28. The van der Waals surface area contributed by atoms with Gasteiger partial charge in [-0.25, -0.2) is 4.39 Å². The molecule has 2 aromatic rings. The number of rotatable bonds is 10. The Kier molecular flexibility index (Phi) is 8.27. The molecule has 7 heteroatoms. The zero-order valence-electron chi connectivity index (χ0n) is 16.1. The van der Waals surface area contributed by atoms with Gasteiger partial charge in [-0.2, -0.15) is 0 Å². The smallest absolute Gasteiger partial charge is 0.251 e. The van der Waals surface area contributed by atoms with Gasteiger partial charge in [-0.1, -0.05) is 12.1 Å². The van der Waals surface area contributed by atoms with Crippen molar-refractivity contribution in [3.05, 3.63) is 59.4 Å². The fraction of sp³-hybridized carbons (Fsp3) is 0.333. The lowest BCUT2D eigenvalue weighted by atomic mass is 10.1. The Balaban J connectivity index is 1.71. The van der Waals surface area contributed by atoms with Crippen LogP contribution in [-0.4, -0.2) is 38.6 Å². The van der Waals surface area contributed by atoms with E-state index in [1.54, 1.807) is 7.11 Å². The molecule has 0 saturated carbocycles. The summed E-state index contributed by atoms with van der Waals surface area (Å²) in [7, 11) is 1.58. The summed E-state index contributed by atoms with van der Waals surface area (Å²) in [5.41, 5.74) is 1.21. The SMILES string of the molecule is CCOc1ccc(CCC(=O)NCCNC(=O)c2cccc(F)c2)cc1OC. The standard InChI is InChI=1S/C21H25FN2O4/c1-3-28-18-9-7-15(13-19(18)27-2)8-10-20(25)23-11-12-24-21(26)16-5-4-6-17(22)14-16/h4-7,9,13-14H,3,8,10-12H2,1-2H3,(H,23,25)(H,24,26). The van der Waals surface area contributed by atoms with E-state index in [4.69, 9.17) is 9.47 Å². The van der Waals surface area contributed by atoms with E-state index in [1.165, 1.54) is 24.3 Å². The van der Waals surface area contributed by atoms with Crippen LogP contribution in [0.2, 0.25) is 0 Å². The lowest BCUT2D eigenvalue weighted by Crippen LogP contribution is -2.34. The van der Waals surface area contributed by atoms with Gasteiger partial charge in [0.05, 0.1) is 13.7 Å². The maximum atomic E-state index is 13.1. The Morgan fingerprint density at radius 3 is 2.54 bits per heavy atom. The molecule has 0 radical (unpaired) electrons. The number of nitrogens with one attached hydrogen (secondary N) is 2. The highest BCUT2D eigenvalue weighted by Gasteiger charge is 2.08. The molecule has 2 N–H and O–H groups in total. The lowest BCUT2D eigenvalue weighted by Gasteiger charge is -2.11. The number of hydrogen-bond acceptors (Lipinski definition) is 4. The van der Waals surface area contributed by atoms with Crippen molar-refractivity contribution in [1.82, 2.24) is 10.6 Å². The molecular weight excluding hydrogens is 363 g/mol. The van der Waals surface area contributed by atoms with Crippen molar-refractivity contribution in [1.29, 1.82) is 0 Å². The molecule has 2 rings (SSSR count). The first kappa shape index (κ1) is 21.2. The van der Waals surface area contributed by atoms with E-state index in [-0.39, 0.29) is 23.9 Å². The fourth-order valence-electron chi connectivity index (χ4n) is 2.60. The predicted octanol–water partition coefficient (Wildman–Crippen LogP) is 2.71. The van der Waals surface area contributed by atoms with Crippen molar-refractivity contribution < 1.29 is 23.5 Å². The Hall–Kier alpha value is -3.09. The van der Waals surface area contributed by atoms with Gasteiger partial charge in [0.2, 0.25) is 5.91 Å². The minimum atomic E-state index is -0.466. The number of methoxy groups -OCH3 is 1. The molecule has 0 aliphatic heterocycles. The number of hydrogen-bond donors (Lipinski definition) is 2. The summed E-state index contributed by atoms with van der Waals surface area (Å²) in [6.07, 6.45) is 0.874. The number of aryl methyl sites for hydroxylation is 1. The second-order valence-electron chi connectivity index (χ2n) is 6.03. The second-order valence-corrected chi connectivity index (χ2v) is 6.03. The molecule has 150 valence electrons. The van der Waals surface area contributed by atoms with E-state index in [2.05, 4.69) is 10.6 Å². The zero-order valence-corrected chi connectivity index (χ0v) is 16.1. The van der Waals surface area contributed by atoms with E-state index in [0.717, 1.165) is 5.56 Å². The molecule has 0 heterocycles. The number of amides is 2. The number of carbonyl (C=O) groups excluding carboxylic acids is 2. The van der Waals surface area contributed by atoms with Crippen LogP contribution in [0.1, 0.15) is 29.3 Å². The van der Waals surface area contributed by atoms with Crippen LogP contribution in [0.3, 0.4) is 0 Å². The summed E-state index contributed by atoms with van der Waals surface area (Å²) in [5.74, 6) is 0.349. The zero-order chi connectivity index (χ0) is 20.4. The van der Waals surface area contributed by atoms with E-state index >= 15 is 0 Å². The van der Waals surface area contributed by atoms with Crippen molar-refractivity contribution in [3.63, 3.8) is 0 Å². The highest BCUT2D eigenvalue weighted by molar-refractivity contribution is 5.94. The summed E-state index contributed by atoms with van der Waals surface area (Å²) in [5, 5.41) is 5.39. The van der Waals surface area contributed by atoms with E-state index in [1.807, 2.05) is 25.1 Å². The van der Waals surface area contributed by atoms with E-state index in [9.17, 15) is 14.0 Å². The first-order valence-corrected chi connectivity index (χ1v) is 9.13. The molecule has 0 aromatic heterocycles. The minimum Gasteiger partial charge on any atom is -0.493 e. The first-order valence-electron chi connectivity index (χ1n) is 9.13. The van der Waals surface area contributed by atoms with Crippen molar-refractivity contribution >= 4 is 11.8 Å². The van der Waals surface area contributed by atoms with Crippen molar-refractivity contribution in [2.24, 2.45) is 0 Å². The Morgan fingerprint density at radius 2 is 1.82 bits per heavy atom. The van der Waals surface area contributed by atoms with Crippen molar-refractivity contribution in [2.75, 3.05) is 26.8 Å². The van der Waals surface area contributed by atoms with E-state index < -0.39 is 5.82 Å². The van der Waals surface area contributed by atoms with Gasteiger partial charge >= 0.3 is 0 Å². The van der Waals surface area contributed by atoms with Crippen molar-refractivity contribution in [3.8, 4) is 11.5 Å². The molecule has 0 saturated heterocycles. The fourth-order valence-corrected chi connectivity index (χ4v) is 2.60. The number of benzene rings is 2. The molecule has 0 aliphatic rings. The maximum Gasteiger partial charge on any atom is 0.251 e. The number of halogens is 1. The minimum absolute atomic E-state index is 0.118. The third-order valence-corrected chi connectivity index (χ3v) is 3.99. The van der Waals surface area contributed by atoms with Crippen LogP contribution < -0.4 is 20.1 Å². The summed E-state index contributed by atoms with van der Waals surface area (Å²) in [6, 6.07) is 11.0. The second kappa shape index (κ2) is 10.9. The normalized spacial score (nSPS) is 10.2. The number of carbonyl (C=O) groups is 2. The largest absolute Gasteiger partial charge is 0.493 e. The third-order valence-electron chi connectivity index (χ3n) is 3.99. The average Bonchev–Trinajstić information content (AvgIpc) is 2.70. The van der Waals surface area contributed by atoms with Crippen LogP contribution in [0.25, 0.3) is 0 Å². The lowest BCUT2D eigenvalue weighted by molar-refractivity contribution is -0.121. The van der Waals surface area contributed by atoms with Crippen LogP contribution in [0, 0.1) is 5.82 Å². The van der Waals surface area contributed by atoms with Crippen LogP contribution in [0.5, 0.6) is 11.5 Å². The molecule has 28 heavy (non-hydrogen) atoms. The number of ether oxygens (including phenoxy) is 2. The Labute approximate surface area is 164 Å². The summed E-state index contributed by atoms with van der Waals surface area (Å²) in [6.45, 7) is 3.01. The van der Waals surface area contributed by atoms with Crippen LogP contribution in [0.4, 0.5) is 4.39 Å². The summed E-state index contributed by atoms with van der Waals surface area (Å²) < 4.78 is 23.9. The molecule has 0 spiro atoms. The van der Waals surface area contributed by atoms with E-state index in [0.29, 0.717) is 37.5 Å². The van der Waals surface area contributed by atoms with Gasteiger partial charge in [-0.3, -0.25) is 9.59 Å². The van der Waals surface area contributed by atoms with Gasteiger partial charge < -0.3 is 20.1 Å². The summed E-state index contributed by atoms with van der Waals surface area (Å²) >= 11 is 0. The van der Waals surface area contributed by atoms with Crippen LogP contribution in [0.15, 0.2) is 42.5 Å². The molecule has 0 aliphatic carbocycles. The molecule has 2 aromatic carbocycles. The Morgan fingerprint density at radius 1 is 1.04 bits per heavy atom. The van der Waals surface area contributed by atoms with Gasteiger partial charge in [0, 0.05) is 25.1 Å². The molecule has 0 atom stereocenters. The van der Waals surface area contributed by atoms with Gasteiger partial charge in [0.1, 0.15) is 5.82 Å². The maximum absolute atomic E-state index is 13.1. The van der Waals surface area contributed by atoms with Gasteiger partial charge in [-0.15, -0.1) is 0 Å². The highest BCUT2D eigenvalue weighted by atomic mass is 19.1. The van der Waals surface area contributed by atoms with Crippen LogP contribution in [-0.2, 0) is 11.2 Å². The van der Waals surface area contributed by atoms with Gasteiger partial charge in [-0.05, 0) is 49.2 Å². The first-order chi connectivity index (χ1) is 13.5. The molecular formula is C21H25FN2O4. The summed E-state index contributed by atoms with van der Waals surface area (Å²) in [4.78, 5) is 23.8. The van der Waals surface area contributed by atoms with Gasteiger partial charge in [0.15, 0.2) is 11.5 Å². The van der Waals surface area contributed by atoms with Gasteiger partial charge in [0.25, 0.3) is 5.91 Å². The molecule has 0 fully saturated rings. The topological polar surface area (TPSA) is 76.7 Å². The van der Waals surface area contributed by atoms with Crippen molar-refractivity contribution in [2.45, 2.75) is 19.8 Å². The Bertz CT molecular complexity index is 811. The molecule has 0 unspecified atom stereocenters. The molecule has 6 nitrogen and oxygen atoms in total. The third kappa shape index (κ3) is 6.57. The predicted molar refractivity (Wildman–Crippen MR) is 104 cm³/mol. The monoisotopic (exact) mass is 388 g/mol. The van der Waals surface area contributed by atoms with Crippen LogP contribution >= 0.6 is 0 Å². The quantitative estimate of drug-likeness (QED) is 0.614. The average molecular weight is 388 g/mol. The molecule has 0 bridgehead atoms.